The summed E-state index contributed by atoms with van der Waals surface area (Å²) in [6.07, 6.45) is 12.3. The number of hydrogen-bond acceptors (Lipinski definition) is 3. The molecule has 2 nitrogen and oxygen atoms in total. The first-order valence-electron chi connectivity index (χ1n) is 19.3. The van der Waals surface area contributed by atoms with Crippen LogP contribution < -0.4 is 5.19 Å². The van der Waals surface area contributed by atoms with Crippen LogP contribution in [0.4, 0.5) is 0 Å². The summed E-state index contributed by atoms with van der Waals surface area (Å²) in [6, 6.07) is 53.7. The first-order valence-corrected chi connectivity index (χ1v) is 23.6. The van der Waals surface area contributed by atoms with E-state index in [1.54, 1.807) is 22.1 Å². The fourth-order valence-electron chi connectivity index (χ4n) is 7.80. The zero-order chi connectivity index (χ0) is 36.9. The first-order chi connectivity index (χ1) is 26.4. The van der Waals surface area contributed by atoms with E-state index in [0.717, 1.165) is 28.4 Å². The van der Waals surface area contributed by atoms with Crippen molar-refractivity contribution in [3.63, 3.8) is 0 Å². The van der Waals surface area contributed by atoms with E-state index in [0.29, 0.717) is 0 Å². The minimum absolute atomic E-state index is 0. The van der Waals surface area contributed by atoms with Crippen molar-refractivity contribution in [2.75, 3.05) is 0 Å². The molecule has 3 heterocycles. The summed E-state index contributed by atoms with van der Waals surface area (Å²) in [7, 11) is -1.36. The van der Waals surface area contributed by atoms with Crippen LogP contribution in [0, 0.1) is 18.1 Å². The van der Waals surface area contributed by atoms with Gasteiger partial charge in [-0.15, -0.1) is 59.7 Å². The number of aromatic nitrogens is 2. The molecular formula is C50H46IrN2SSi-2. The first kappa shape index (κ1) is 38.7. The van der Waals surface area contributed by atoms with Crippen LogP contribution in [0.5, 0.6) is 0 Å². The van der Waals surface area contributed by atoms with Crippen LogP contribution in [0.3, 0.4) is 0 Å². The molecule has 277 valence electrons. The molecule has 0 atom stereocenters. The summed E-state index contributed by atoms with van der Waals surface area (Å²) in [5, 5.41) is 4.08. The monoisotopic (exact) mass is 927 g/mol. The fraction of sp³-hybridized carbons (Fsp3) is 0.200. The van der Waals surface area contributed by atoms with Crippen LogP contribution >= 0.6 is 11.3 Å². The van der Waals surface area contributed by atoms with Crippen molar-refractivity contribution in [2.45, 2.75) is 58.2 Å². The summed E-state index contributed by atoms with van der Waals surface area (Å²) in [5.41, 5.74) is 10.6. The van der Waals surface area contributed by atoms with Gasteiger partial charge in [-0.05, 0) is 73.4 Å². The van der Waals surface area contributed by atoms with E-state index in [9.17, 15) is 0 Å². The SMILES string of the molecule is C[Si](C)(C)c1cnc(-c2[c-]cccc2)cc1CC1CCCCC1.[Ir].[c-]1c(-c2cc(-c3ccccc3)ccn2)ccc2c1sc1ccc(-c3ccccc3)cc12. The summed E-state index contributed by atoms with van der Waals surface area (Å²) in [5.74, 6) is 0.869. The van der Waals surface area contributed by atoms with Gasteiger partial charge in [-0.3, -0.25) is 0 Å². The minimum atomic E-state index is -1.36. The Kier molecular flexibility index (Phi) is 12.3. The van der Waals surface area contributed by atoms with E-state index in [-0.39, 0.29) is 20.1 Å². The summed E-state index contributed by atoms with van der Waals surface area (Å²) in [4.78, 5) is 9.40. The van der Waals surface area contributed by atoms with Gasteiger partial charge >= 0.3 is 0 Å². The second-order valence-corrected chi connectivity index (χ2v) is 21.6. The Morgan fingerprint density at radius 1 is 0.636 bits per heavy atom. The van der Waals surface area contributed by atoms with Gasteiger partial charge in [0.1, 0.15) is 0 Å². The molecule has 0 unspecified atom stereocenters. The molecule has 0 N–H and O–H groups in total. The fourth-order valence-corrected chi connectivity index (χ4v) is 10.5. The molecule has 0 aliphatic heterocycles. The summed E-state index contributed by atoms with van der Waals surface area (Å²) < 4.78 is 2.46. The van der Waals surface area contributed by atoms with Crippen LogP contribution in [-0.2, 0) is 26.5 Å². The van der Waals surface area contributed by atoms with Crippen molar-refractivity contribution in [1.82, 2.24) is 9.97 Å². The Morgan fingerprint density at radius 3 is 2.02 bits per heavy atom. The molecule has 0 spiro atoms. The van der Waals surface area contributed by atoms with Gasteiger partial charge in [-0.1, -0.05) is 148 Å². The van der Waals surface area contributed by atoms with Crippen molar-refractivity contribution < 1.29 is 20.1 Å². The molecule has 3 aromatic heterocycles. The number of pyridine rings is 2. The van der Waals surface area contributed by atoms with Gasteiger partial charge < -0.3 is 9.97 Å². The third-order valence-electron chi connectivity index (χ3n) is 10.7. The second-order valence-electron chi connectivity index (χ2n) is 15.6. The Bertz CT molecular complexity index is 2480. The van der Waals surface area contributed by atoms with E-state index in [4.69, 9.17) is 4.98 Å². The largest absolute Gasteiger partial charge is 0.305 e. The number of benzene rings is 5. The molecular weight excluding hydrogens is 881 g/mol. The molecule has 55 heavy (non-hydrogen) atoms. The van der Waals surface area contributed by atoms with Gasteiger partial charge in [0, 0.05) is 37.2 Å². The van der Waals surface area contributed by atoms with Crippen molar-refractivity contribution >= 4 is 44.8 Å². The molecule has 1 aliphatic rings. The number of hydrogen-bond donors (Lipinski definition) is 0. The zero-order valence-corrected chi connectivity index (χ0v) is 36.0. The average Bonchev–Trinajstić information content (AvgIpc) is 3.59. The second kappa shape index (κ2) is 17.5. The van der Waals surface area contributed by atoms with Crippen molar-refractivity contribution in [2.24, 2.45) is 5.92 Å². The molecule has 5 aromatic carbocycles. The Morgan fingerprint density at radius 2 is 1.33 bits per heavy atom. The van der Waals surface area contributed by atoms with E-state index in [2.05, 4.69) is 158 Å². The van der Waals surface area contributed by atoms with Gasteiger partial charge in [0.2, 0.25) is 0 Å². The molecule has 1 fully saturated rings. The summed E-state index contributed by atoms with van der Waals surface area (Å²) >= 11 is 1.79. The zero-order valence-electron chi connectivity index (χ0n) is 31.8. The van der Waals surface area contributed by atoms with Crippen molar-refractivity contribution in [1.29, 1.82) is 0 Å². The normalized spacial score (nSPS) is 13.2. The molecule has 5 heteroatoms. The molecule has 0 bridgehead atoms. The topological polar surface area (TPSA) is 25.8 Å². The van der Waals surface area contributed by atoms with E-state index in [1.807, 2.05) is 24.4 Å². The van der Waals surface area contributed by atoms with Crippen LogP contribution in [0.25, 0.3) is 64.9 Å². The third-order valence-corrected chi connectivity index (χ3v) is 13.8. The molecule has 0 saturated heterocycles. The molecule has 1 aliphatic carbocycles. The molecule has 0 amide bonds. The van der Waals surface area contributed by atoms with E-state index >= 15 is 0 Å². The van der Waals surface area contributed by atoms with Crippen molar-refractivity contribution in [3.05, 3.63) is 164 Å². The van der Waals surface area contributed by atoms with E-state index < -0.39 is 8.07 Å². The van der Waals surface area contributed by atoms with Gasteiger partial charge in [-0.25, -0.2) is 0 Å². The smallest absolute Gasteiger partial charge is 0.0798 e. The quantitative estimate of drug-likeness (QED) is 0.118. The number of nitrogens with zero attached hydrogens (tertiary/aromatic N) is 2. The van der Waals surface area contributed by atoms with Crippen LogP contribution in [0.2, 0.25) is 19.6 Å². The maximum absolute atomic E-state index is 4.77. The van der Waals surface area contributed by atoms with Gasteiger partial charge in [0.05, 0.1) is 8.07 Å². The van der Waals surface area contributed by atoms with Crippen LogP contribution in [0.1, 0.15) is 37.7 Å². The third kappa shape index (κ3) is 9.14. The van der Waals surface area contributed by atoms with Gasteiger partial charge in [-0.2, -0.15) is 11.3 Å². The molecule has 1 saturated carbocycles. The minimum Gasteiger partial charge on any atom is -0.305 e. The predicted molar refractivity (Wildman–Crippen MR) is 234 cm³/mol. The maximum Gasteiger partial charge on any atom is 0.0798 e. The Balaban J connectivity index is 0.000000174. The van der Waals surface area contributed by atoms with E-state index in [1.165, 1.54) is 81.0 Å². The summed E-state index contributed by atoms with van der Waals surface area (Å²) in [6.45, 7) is 7.30. The predicted octanol–water partition coefficient (Wildman–Crippen LogP) is 13.5. The van der Waals surface area contributed by atoms with Crippen LogP contribution in [-0.4, -0.2) is 18.0 Å². The molecule has 8 aromatic rings. The van der Waals surface area contributed by atoms with Crippen LogP contribution in [0.15, 0.2) is 146 Å². The van der Waals surface area contributed by atoms with Gasteiger partial charge in [0.15, 0.2) is 0 Å². The standard InChI is InChI=1S/C29H18NS.C21H28NSi.Ir/c1-3-7-20(8-4-1)22-12-14-28-26(17-22)25-13-11-24(19-29(25)31-28)27-18-23(15-16-30-27)21-9-5-2-6-10-21;1-23(2,3)21-16-22-20(18-12-8-5-9-13-18)15-19(21)14-17-10-6-4-7-11-17;/h1-18H;5,8-9,12,15-17H,4,6-7,10-11,14H2,1-3H3;/q2*-1;. The van der Waals surface area contributed by atoms with Gasteiger partial charge in [0.25, 0.3) is 0 Å². The Labute approximate surface area is 345 Å². The Hall–Kier alpha value is -4.51. The number of thiophene rings is 1. The molecule has 9 rings (SSSR count). The number of rotatable bonds is 7. The molecule has 1 radical (unpaired) electrons. The maximum atomic E-state index is 4.77. The van der Waals surface area contributed by atoms with Crippen molar-refractivity contribution in [3.8, 4) is 44.8 Å². The average molecular weight is 927 g/mol. The number of fused-ring (bicyclic) bond motifs is 3.